The minimum atomic E-state index is -1.18. The Hall–Kier alpha value is -3.69. The summed E-state index contributed by atoms with van der Waals surface area (Å²) in [5.41, 5.74) is 3.52. The molecule has 0 atom stereocenters. The molecule has 0 saturated carbocycles. The Balaban J connectivity index is 1.71. The number of ether oxygens (including phenoxy) is 2. The van der Waals surface area contributed by atoms with Crippen molar-refractivity contribution in [3.63, 3.8) is 0 Å². The summed E-state index contributed by atoms with van der Waals surface area (Å²) < 4.78 is 14.5. The molecule has 0 unspecified atom stereocenters. The SMILES string of the molecule is COC(=O)c1ccccc1Nc1cccc2c1c(C=Nn1cccc1)nn2COCC[Si](C)(C)C. The molecule has 0 fully saturated rings. The van der Waals surface area contributed by atoms with Gasteiger partial charge in [-0.3, -0.25) is 0 Å². The van der Waals surface area contributed by atoms with Crippen molar-refractivity contribution in [1.82, 2.24) is 14.5 Å². The molecule has 0 aliphatic heterocycles. The van der Waals surface area contributed by atoms with Gasteiger partial charge in [0.2, 0.25) is 0 Å². The minimum absolute atomic E-state index is 0.348. The van der Waals surface area contributed by atoms with E-state index in [2.05, 4.69) is 30.1 Å². The first-order valence-electron chi connectivity index (χ1n) is 11.5. The van der Waals surface area contributed by atoms with Crippen molar-refractivity contribution in [3.8, 4) is 0 Å². The number of nitrogens with one attached hydrogen (secondary N) is 1. The molecule has 4 aromatic rings. The lowest BCUT2D eigenvalue weighted by atomic mass is 10.1. The van der Waals surface area contributed by atoms with Crippen LogP contribution in [0.4, 0.5) is 11.4 Å². The van der Waals surface area contributed by atoms with E-state index < -0.39 is 14.0 Å². The molecule has 0 radical (unpaired) electrons. The number of benzene rings is 2. The van der Waals surface area contributed by atoms with Crippen molar-refractivity contribution in [2.24, 2.45) is 5.10 Å². The molecule has 4 rings (SSSR count). The summed E-state index contributed by atoms with van der Waals surface area (Å²) in [6.45, 7) is 8.05. The summed E-state index contributed by atoms with van der Waals surface area (Å²) in [7, 11) is 0.193. The number of hydrogen-bond acceptors (Lipinski definition) is 6. The molecule has 0 spiro atoms. The van der Waals surface area contributed by atoms with Crippen LogP contribution in [0.25, 0.3) is 10.9 Å². The van der Waals surface area contributed by atoms with Gasteiger partial charge in [0.15, 0.2) is 0 Å². The van der Waals surface area contributed by atoms with Gasteiger partial charge in [-0.05, 0) is 42.4 Å². The summed E-state index contributed by atoms with van der Waals surface area (Å²) in [6, 6.07) is 18.1. The molecule has 0 amide bonds. The molecule has 35 heavy (non-hydrogen) atoms. The predicted molar refractivity (Wildman–Crippen MR) is 142 cm³/mol. The van der Waals surface area contributed by atoms with Gasteiger partial charge < -0.3 is 14.8 Å². The normalized spacial score (nSPS) is 11.9. The molecule has 1 N–H and O–H groups in total. The van der Waals surface area contributed by atoms with Crippen LogP contribution in [-0.2, 0) is 16.2 Å². The van der Waals surface area contributed by atoms with Gasteiger partial charge >= 0.3 is 5.97 Å². The average Bonchev–Trinajstić information content (AvgIpc) is 3.48. The van der Waals surface area contributed by atoms with Crippen molar-refractivity contribution in [1.29, 1.82) is 0 Å². The van der Waals surface area contributed by atoms with Crippen LogP contribution in [0, 0.1) is 0 Å². The Labute approximate surface area is 206 Å². The number of fused-ring (bicyclic) bond motifs is 1. The number of carbonyl (C=O) groups is 1. The molecule has 8 nitrogen and oxygen atoms in total. The van der Waals surface area contributed by atoms with Crippen molar-refractivity contribution >= 4 is 42.5 Å². The zero-order chi connectivity index (χ0) is 24.8. The third-order valence-electron chi connectivity index (χ3n) is 5.52. The van der Waals surface area contributed by atoms with Gasteiger partial charge in [-0.15, -0.1) is 0 Å². The van der Waals surface area contributed by atoms with Crippen LogP contribution in [0.3, 0.4) is 0 Å². The quantitative estimate of drug-likeness (QED) is 0.136. The Kier molecular flexibility index (Phi) is 7.47. The van der Waals surface area contributed by atoms with Crippen LogP contribution in [0.1, 0.15) is 16.1 Å². The van der Waals surface area contributed by atoms with Crippen LogP contribution in [0.5, 0.6) is 0 Å². The number of carbonyl (C=O) groups excluding carboxylic acids is 1. The lowest BCUT2D eigenvalue weighted by Crippen LogP contribution is -2.22. The zero-order valence-corrected chi connectivity index (χ0v) is 21.6. The molecule has 0 saturated heterocycles. The van der Waals surface area contributed by atoms with E-state index >= 15 is 0 Å². The number of methoxy groups -OCH3 is 1. The first-order chi connectivity index (χ1) is 16.9. The van der Waals surface area contributed by atoms with Crippen LogP contribution in [-0.4, -0.2) is 48.4 Å². The van der Waals surface area contributed by atoms with E-state index in [1.54, 1.807) is 17.0 Å². The number of aromatic nitrogens is 3. The summed E-state index contributed by atoms with van der Waals surface area (Å²) in [4.78, 5) is 12.3. The van der Waals surface area contributed by atoms with E-state index in [1.807, 2.05) is 65.6 Å². The molecule has 2 heterocycles. The van der Waals surface area contributed by atoms with Crippen molar-refractivity contribution < 1.29 is 14.3 Å². The second kappa shape index (κ2) is 10.7. The highest BCUT2D eigenvalue weighted by molar-refractivity contribution is 6.76. The Morgan fingerprint density at radius 2 is 1.80 bits per heavy atom. The summed E-state index contributed by atoms with van der Waals surface area (Å²) in [5, 5.41) is 13.6. The number of hydrogen-bond donors (Lipinski definition) is 1. The van der Waals surface area contributed by atoms with E-state index in [0.29, 0.717) is 30.3 Å². The molecule has 2 aromatic heterocycles. The van der Waals surface area contributed by atoms with Crippen LogP contribution < -0.4 is 5.32 Å². The van der Waals surface area contributed by atoms with Gasteiger partial charge in [0, 0.05) is 27.1 Å². The van der Waals surface area contributed by atoms with E-state index in [-0.39, 0.29) is 0 Å². The monoisotopic (exact) mass is 489 g/mol. The van der Waals surface area contributed by atoms with Crippen molar-refractivity contribution in [2.75, 3.05) is 19.0 Å². The van der Waals surface area contributed by atoms with Gasteiger partial charge in [0.1, 0.15) is 12.4 Å². The molecule has 2 aromatic carbocycles. The van der Waals surface area contributed by atoms with E-state index in [9.17, 15) is 4.79 Å². The third kappa shape index (κ3) is 6.06. The van der Waals surface area contributed by atoms with Gasteiger partial charge in [0.05, 0.1) is 41.2 Å². The number of anilines is 2. The van der Waals surface area contributed by atoms with Crippen LogP contribution in [0.2, 0.25) is 25.7 Å². The van der Waals surface area contributed by atoms with Crippen molar-refractivity contribution in [3.05, 3.63) is 78.2 Å². The summed E-state index contributed by atoms with van der Waals surface area (Å²) in [5.74, 6) is -0.402. The molecule has 9 heteroatoms. The highest BCUT2D eigenvalue weighted by Crippen LogP contribution is 2.30. The fraction of sp³-hybridized carbons (Fsp3) is 0.269. The maximum atomic E-state index is 12.3. The lowest BCUT2D eigenvalue weighted by molar-refractivity contribution is 0.0602. The smallest absolute Gasteiger partial charge is 0.339 e. The van der Waals surface area contributed by atoms with E-state index in [1.165, 1.54) is 7.11 Å². The molecule has 0 aliphatic rings. The maximum Gasteiger partial charge on any atom is 0.339 e. The van der Waals surface area contributed by atoms with Crippen molar-refractivity contribution in [2.45, 2.75) is 32.4 Å². The summed E-state index contributed by atoms with van der Waals surface area (Å²) >= 11 is 0. The van der Waals surface area contributed by atoms with Crippen LogP contribution in [0.15, 0.2) is 72.1 Å². The first-order valence-corrected chi connectivity index (χ1v) is 15.3. The molecule has 0 aliphatic carbocycles. The predicted octanol–water partition coefficient (Wildman–Crippen LogP) is 5.56. The topological polar surface area (TPSA) is 82.7 Å². The first kappa shape index (κ1) is 24.4. The fourth-order valence-corrected chi connectivity index (χ4v) is 4.39. The Morgan fingerprint density at radius 3 is 2.54 bits per heavy atom. The Morgan fingerprint density at radius 1 is 1.06 bits per heavy atom. The Bertz CT molecular complexity index is 1320. The van der Waals surface area contributed by atoms with E-state index in [0.717, 1.165) is 22.6 Å². The highest BCUT2D eigenvalue weighted by atomic mass is 28.3. The summed E-state index contributed by atoms with van der Waals surface area (Å²) in [6.07, 6.45) is 5.46. The standard InChI is InChI=1S/C26H31N5O3Si/c1-33-26(32)20-10-5-6-11-21(20)28-22-12-9-13-24-25(22)23(18-27-30-14-7-8-15-30)29-31(24)19-34-16-17-35(2,3)4/h5-15,18,28H,16-17,19H2,1-4H3. The highest BCUT2D eigenvalue weighted by Gasteiger charge is 2.17. The zero-order valence-electron chi connectivity index (χ0n) is 20.6. The van der Waals surface area contributed by atoms with Gasteiger partial charge in [0.25, 0.3) is 0 Å². The largest absolute Gasteiger partial charge is 0.465 e. The average molecular weight is 490 g/mol. The molecule has 0 bridgehead atoms. The van der Waals surface area contributed by atoms with Gasteiger partial charge in [-0.1, -0.05) is 37.8 Å². The second-order valence-electron chi connectivity index (χ2n) is 9.40. The third-order valence-corrected chi connectivity index (χ3v) is 7.22. The fourth-order valence-electron chi connectivity index (χ4n) is 3.63. The number of rotatable bonds is 10. The second-order valence-corrected chi connectivity index (χ2v) is 15.0. The number of nitrogens with zero attached hydrogens (tertiary/aromatic N) is 4. The van der Waals surface area contributed by atoms with Gasteiger partial charge in [-0.2, -0.15) is 10.2 Å². The lowest BCUT2D eigenvalue weighted by Gasteiger charge is -2.15. The van der Waals surface area contributed by atoms with Gasteiger partial charge in [-0.25, -0.2) is 14.2 Å². The van der Waals surface area contributed by atoms with E-state index in [4.69, 9.17) is 14.6 Å². The maximum absolute atomic E-state index is 12.3. The molecular weight excluding hydrogens is 458 g/mol. The molecule has 182 valence electrons. The van der Waals surface area contributed by atoms with Crippen LogP contribution >= 0.6 is 0 Å². The minimum Gasteiger partial charge on any atom is -0.465 e. The number of esters is 1. The number of para-hydroxylation sites is 1. The molecular formula is C26H31N5O3Si.